The van der Waals surface area contributed by atoms with E-state index in [1.165, 1.54) is 6.07 Å². The fraction of sp³-hybridized carbons (Fsp3) is 0.125. The van der Waals surface area contributed by atoms with Crippen molar-refractivity contribution in [3.63, 3.8) is 0 Å². The van der Waals surface area contributed by atoms with Gasteiger partial charge in [-0.3, -0.25) is 0 Å². The van der Waals surface area contributed by atoms with Crippen molar-refractivity contribution in [2.75, 3.05) is 0 Å². The quantitative estimate of drug-likeness (QED) is 0.836. The normalized spacial score (nSPS) is 11.3. The van der Waals surface area contributed by atoms with Crippen LogP contribution in [0.15, 0.2) is 48.5 Å². The van der Waals surface area contributed by atoms with Gasteiger partial charge < -0.3 is 0 Å². The second kappa shape index (κ2) is 5.80. The van der Waals surface area contributed by atoms with E-state index in [4.69, 9.17) is 5.26 Å². The Morgan fingerprint density at radius 1 is 1.05 bits per heavy atom. The van der Waals surface area contributed by atoms with Crippen molar-refractivity contribution in [2.45, 2.75) is 12.3 Å². The van der Waals surface area contributed by atoms with Crippen molar-refractivity contribution in [2.24, 2.45) is 0 Å². The second-order valence-corrected chi connectivity index (χ2v) is 4.21. The minimum atomic E-state index is -0.454. The summed E-state index contributed by atoms with van der Waals surface area (Å²) in [5, 5.41) is 18.1. The van der Waals surface area contributed by atoms with Gasteiger partial charge in [-0.1, -0.05) is 30.3 Å². The highest BCUT2D eigenvalue weighted by molar-refractivity contribution is 5.37. The van der Waals surface area contributed by atoms with Gasteiger partial charge in [0.05, 0.1) is 23.6 Å². The average molecular weight is 250 g/mol. The van der Waals surface area contributed by atoms with Crippen LogP contribution in [0.3, 0.4) is 0 Å². The molecule has 2 aromatic rings. The minimum Gasteiger partial charge on any atom is -0.207 e. The maximum atomic E-state index is 13.6. The van der Waals surface area contributed by atoms with Crippen molar-refractivity contribution in [1.29, 1.82) is 10.5 Å². The van der Waals surface area contributed by atoms with Crippen LogP contribution in [0.5, 0.6) is 0 Å². The predicted octanol–water partition coefficient (Wildman–Crippen LogP) is 3.55. The lowest BCUT2D eigenvalue weighted by Crippen LogP contribution is -2.02. The Morgan fingerprint density at radius 2 is 1.84 bits per heavy atom. The van der Waals surface area contributed by atoms with Crippen LogP contribution in [0.1, 0.15) is 22.6 Å². The third-order valence-corrected chi connectivity index (χ3v) is 2.96. The monoisotopic (exact) mass is 250 g/mol. The number of benzene rings is 2. The number of nitriles is 2. The summed E-state index contributed by atoms with van der Waals surface area (Å²) in [6.45, 7) is 0. The number of nitrogens with zero attached hydrogens (tertiary/aromatic N) is 2. The maximum Gasteiger partial charge on any atom is 0.126 e. The van der Waals surface area contributed by atoms with E-state index >= 15 is 0 Å². The highest BCUT2D eigenvalue weighted by atomic mass is 19.1. The van der Waals surface area contributed by atoms with Gasteiger partial charge in [-0.2, -0.15) is 10.5 Å². The topological polar surface area (TPSA) is 47.6 Å². The van der Waals surface area contributed by atoms with Crippen LogP contribution in [-0.4, -0.2) is 0 Å². The molecule has 2 aromatic carbocycles. The summed E-state index contributed by atoms with van der Waals surface area (Å²) < 4.78 is 13.6. The van der Waals surface area contributed by atoms with Gasteiger partial charge in [0.2, 0.25) is 0 Å². The van der Waals surface area contributed by atoms with Gasteiger partial charge in [0.1, 0.15) is 5.82 Å². The van der Waals surface area contributed by atoms with E-state index < -0.39 is 5.92 Å². The Kier molecular flexibility index (Phi) is 3.90. The summed E-state index contributed by atoms with van der Waals surface area (Å²) in [7, 11) is 0. The van der Waals surface area contributed by atoms with E-state index in [1.54, 1.807) is 42.5 Å². The van der Waals surface area contributed by atoms with Gasteiger partial charge in [0.25, 0.3) is 0 Å². The molecule has 0 heterocycles. The summed E-state index contributed by atoms with van der Waals surface area (Å²) in [5.41, 5.74) is 1.76. The zero-order valence-corrected chi connectivity index (χ0v) is 10.2. The fourth-order valence-corrected chi connectivity index (χ4v) is 1.95. The molecular weight excluding hydrogens is 239 g/mol. The molecule has 0 aromatic heterocycles. The lowest BCUT2D eigenvalue weighted by atomic mass is 9.92. The Bertz CT molecular complexity index is 665. The van der Waals surface area contributed by atoms with E-state index in [2.05, 4.69) is 6.07 Å². The Hall–Kier alpha value is -2.65. The molecule has 0 fully saturated rings. The molecule has 0 aliphatic rings. The molecule has 0 aliphatic heterocycles. The van der Waals surface area contributed by atoms with Gasteiger partial charge in [-0.15, -0.1) is 0 Å². The first-order valence-corrected chi connectivity index (χ1v) is 5.87. The van der Waals surface area contributed by atoms with Crippen LogP contribution in [0.4, 0.5) is 4.39 Å². The highest BCUT2D eigenvalue weighted by Gasteiger charge is 2.14. The molecule has 0 aliphatic carbocycles. The van der Waals surface area contributed by atoms with Gasteiger partial charge in [0, 0.05) is 0 Å². The number of rotatable bonds is 3. The van der Waals surface area contributed by atoms with E-state index in [1.807, 2.05) is 6.07 Å². The van der Waals surface area contributed by atoms with E-state index in [0.29, 0.717) is 17.5 Å². The molecule has 3 heteroatoms. The van der Waals surface area contributed by atoms with Crippen molar-refractivity contribution in [3.05, 3.63) is 71.0 Å². The highest BCUT2D eigenvalue weighted by Crippen LogP contribution is 2.22. The number of hydrogen-bond acceptors (Lipinski definition) is 2. The van der Waals surface area contributed by atoms with E-state index in [0.717, 1.165) is 5.56 Å². The van der Waals surface area contributed by atoms with Crippen LogP contribution < -0.4 is 0 Å². The van der Waals surface area contributed by atoms with Gasteiger partial charge in [-0.05, 0) is 35.7 Å². The SMILES string of the molecule is N#Cc1cccc(C(C#N)Cc2ccccc2F)c1. The van der Waals surface area contributed by atoms with E-state index in [9.17, 15) is 9.65 Å². The standard InChI is InChI=1S/C16H11FN2/c17-16-7-2-1-5-14(16)9-15(11-19)13-6-3-4-12(8-13)10-18/h1-8,15H,9H2. The lowest BCUT2D eigenvalue weighted by Gasteiger charge is -2.10. The molecule has 0 amide bonds. The summed E-state index contributed by atoms with van der Waals surface area (Å²) in [6, 6.07) is 17.5. The lowest BCUT2D eigenvalue weighted by molar-refractivity contribution is 0.604. The molecule has 2 rings (SSSR count). The predicted molar refractivity (Wildman–Crippen MR) is 69.6 cm³/mol. The average Bonchev–Trinajstić information content (AvgIpc) is 2.46. The van der Waals surface area contributed by atoms with Crippen molar-refractivity contribution < 1.29 is 4.39 Å². The Morgan fingerprint density at radius 3 is 2.53 bits per heavy atom. The van der Waals surface area contributed by atoms with E-state index in [-0.39, 0.29) is 5.82 Å². The maximum absolute atomic E-state index is 13.6. The van der Waals surface area contributed by atoms with Crippen LogP contribution in [-0.2, 0) is 6.42 Å². The minimum absolute atomic E-state index is 0.304. The third kappa shape index (κ3) is 2.97. The first-order valence-electron chi connectivity index (χ1n) is 5.87. The van der Waals surface area contributed by atoms with Gasteiger partial charge in [-0.25, -0.2) is 4.39 Å². The summed E-state index contributed by atoms with van der Waals surface area (Å²) in [4.78, 5) is 0. The molecule has 1 unspecified atom stereocenters. The van der Waals surface area contributed by atoms with Crippen LogP contribution in [0.2, 0.25) is 0 Å². The summed E-state index contributed by atoms with van der Waals surface area (Å²) in [5.74, 6) is -0.760. The molecule has 0 saturated heterocycles. The van der Waals surface area contributed by atoms with Crippen molar-refractivity contribution >= 4 is 0 Å². The smallest absolute Gasteiger partial charge is 0.126 e. The zero-order valence-electron chi connectivity index (χ0n) is 10.2. The van der Waals surface area contributed by atoms with Gasteiger partial charge >= 0.3 is 0 Å². The van der Waals surface area contributed by atoms with Gasteiger partial charge in [0.15, 0.2) is 0 Å². The molecule has 0 radical (unpaired) electrons. The second-order valence-electron chi connectivity index (χ2n) is 4.21. The molecule has 19 heavy (non-hydrogen) atoms. The fourth-order valence-electron chi connectivity index (χ4n) is 1.95. The molecule has 92 valence electrons. The Balaban J connectivity index is 2.29. The first kappa shape index (κ1) is 12.8. The summed E-state index contributed by atoms with van der Waals surface area (Å²) in [6.07, 6.45) is 0.304. The van der Waals surface area contributed by atoms with Crippen LogP contribution >= 0.6 is 0 Å². The number of hydrogen-bond donors (Lipinski definition) is 0. The molecule has 0 bridgehead atoms. The number of halogens is 1. The molecule has 2 nitrogen and oxygen atoms in total. The third-order valence-electron chi connectivity index (χ3n) is 2.96. The molecule has 1 atom stereocenters. The summed E-state index contributed by atoms with van der Waals surface area (Å²) >= 11 is 0. The first-order chi connectivity index (χ1) is 9.24. The molecular formula is C16H11FN2. The Labute approximate surface area is 111 Å². The largest absolute Gasteiger partial charge is 0.207 e. The molecule has 0 N–H and O–H groups in total. The molecule has 0 spiro atoms. The van der Waals surface area contributed by atoms with Crippen molar-refractivity contribution in [1.82, 2.24) is 0 Å². The van der Waals surface area contributed by atoms with Crippen LogP contribution in [0.25, 0.3) is 0 Å². The molecule has 0 saturated carbocycles. The van der Waals surface area contributed by atoms with Crippen LogP contribution in [0, 0.1) is 28.5 Å². The van der Waals surface area contributed by atoms with Crippen molar-refractivity contribution in [3.8, 4) is 12.1 Å². The zero-order chi connectivity index (χ0) is 13.7.